The van der Waals surface area contributed by atoms with Crippen LogP contribution in [-0.4, -0.2) is 19.5 Å². The molecular weight excluding hydrogens is 104 g/mol. The normalized spacial score (nSPS) is 29.8. The van der Waals surface area contributed by atoms with Crippen LogP contribution in [0.25, 0.3) is 0 Å². The second-order valence-corrected chi connectivity index (χ2v) is 1.76. The van der Waals surface area contributed by atoms with Gasteiger partial charge in [-0.25, -0.2) is 0 Å². The van der Waals surface area contributed by atoms with Gasteiger partial charge in [0, 0.05) is 6.42 Å². The van der Waals surface area contributed by atoms with Crippen LogP contribution in [0.3, 0.4) is 0 Å². The first kappa shape index (κ1) is 5.79. The molecule has 1 aliphatic rings. The quantitative estimate of drug-likeness (QED) is 0.472. The molecule has 1 unspecified atom stereocenters. The van der Waals surface area contributed by atoms with Crippen molar-refractivity contribution >= 4 is 0 Å². The fraction of sp³-hybridized carbons (Fsp3) is 0.667. The molecule has 2 heteroatoms. The van der Waals surface area contributed by atoms with E-state index in [1.54, 1.807) is 0 Å². The molecule has 0 radical (unpaired) electrons. The van der Waals surface area contributed by atoms with Gasteiger partial charge in [0.05, 0.1) is 12.7 Å². The Bertz CT molecular complexity index is 74.6. The molecule has 0 N–H and O–H groups in total. The summed E-state index contributed by atoms with van der Waals surface area (Å²) in [6, 6.07) is 0. The summed E-state index contributed by atoms with van der Waals surface area (Å²) < 4.78 is 10.0. The minimum absolute atomic E-state index is 0.226. The number of ether oxygens (including phenoxy) is 2. The van der Waals surface area contributed by atoms with Crippen LogP contribution in [0.1, 0.15) is 6.42 Å². The van der Waals surface area contributed by atoms with E-state index in [4.69, 9.17) is 9.47 Å². The van der Waals surface area contributed by atoms with Crippen molar-refractivity contribution in [1.29, 1.82) is 0 Å². The van der Waals surface area contributed by atoms with E-state index in [9.17, 15) is 0 Å². The van der Waals surface area contributed by atoms with Crippen molar-refractivity contribution in [2.75, 3.05) is 13.4 Å². The van der Waals surface area contributed by atoms with Crippen molar-refractivity contribution < 1.29 is 9.47 Å². The number of rotatable bonds is 1. The lowest BCUT2D eigenvalue weighted by atomic mass is 10.2. The number of hydrogen-bond donors (Lipinski definition) is 0. The van der Waals surface area contributed by atoms with E-state index in [-0.39, 0.29) is 6.10 Å². The molecule has 0 bridgehead atoms. The van der Waals surface area contributed by atoms with E-state index in [0.29, 0.717) is 6.79 Å². The van der Waals surface area contributed by atoms with Crippen LogP contribution in [0.5, 0.6) is 0 Å². The molecule has 8 heavy (non-hydrogen) atoms. The Balaban J connectivity index is 2.22. The van der Waals surface area contributed by atoms with Crippen LogP contribution < -0.4 is 0 Å². The fourth-order valence-corrected chi connectivity index (χ4v) is 0.663. The van der Waals surface area contributed by atoms with Crippen molar-refractivity contribution in [2.45, 2.75) is 12.5 Å². The molecule has 0 spiro atoms. The van der Waals surface area contributed by atoms with E-state index in [2.05, 4.69) is 6.58 Å². The summed E-state index contributed by atoms with van der Waals surface area (Å²) in [5.41, 5.74) is 0. The highest BCUT2D eigenvalue weighted by Crippen LogP contribution is 2.05. The van der Waals surface area contributed by atoms with E-state index < -0.39 is 0 Å². The highest BCUT2D eigenvalue weighted by atomic mass is 16.7. The monoisotopic (exact) mass is 114 g/mol. The molecule has 0 amide bonds. The smallest absolute Gasteiger partial charge is 0.147 e. The topological polar surface area (TPSA) is 18.5 Å². The zero-order valence-electron chi connectivity index (χ0n) is 4.80. The lowest BCUT2D eigenvalue weighted by molar-refractivity contribution is -0.122. The van der Waals surface area contributed by atoms with Crippen LogP contribution in [0, 0.1) is 0 Å². The molecule has 1 fully saturated rings. The highest BCUT2D eigenvalue weighted by Gasteiger charge is 2.08. The average Bonchev–Trinajstić information content (AvgIpc) is 1.90. The minimum Gasteiger partial charge on any atom is -0.355 e. The van der Waals surface area contributed by atoms with Gasteiger partial charge in [0.25, 0.3) is 0 Å². The second-order valence-electron chi connectivity index (χ2n) is 1.76. The molecule has 1 heterocycles. The SMILES string of the molecule is C=CC1CCOCO1. The lowest BCUT2D eigenvalue weighted by Crippen LogP contribution is -2.21. The lowest BCUT2D eigenvalue weighted by Gasteiger charge is -2.18. The molecule has 46 valence electrons. The van der Waals surface area contributed by atoms with Gasteiger partial charge >= 0.3 is 0 Å². The zero-order chi connectivity index (χ0) is 5.82. The van der Waals surface area contributed by atoms with Crippen LogP contribution in [0.4, 0.5) is 0 Å². The third-order valence-corrected chi connectivity index (χ3v) is 1.18. The van der Waals surface area contributed by atoms with Gasteiger partial charge in [-0.15, -0.1) is 6.58 Å². The van der Waals surface area contributed by atoms with E-state index in [1.165, 1.54) is 0 Å². The van der Waals surface area contributed by atoms with Gasteiger partial charge in [0.1, 0.15) is 6.79 Å². The van der Waals surface area contributed by atoms with E-state index in [0.717, 1.165) is 13.0 Å². The third-order valence-electron chi connectivity index (χ3n) is 1.18. The van der Waals surface area contributed by atoms with Gasteiger partial charge in [-0.3, -0.25) is 0 Å². The summed E-state index contributed by atoms with van der Waals surface area (Å²) in [7, 11) is 0. The molecule has 1 aliphatic heterocycles. The first-order chi connectivity index (χ1) is 3.93. The molecule has 2 nitrogen and oxygen atoms in total. The average molecular weight is 114 g/mol. The fourth-order valence-electron chi connectivity index (χ4n) is 0.663. The summed E-state index contributed by atoms with van der Waals surface area (Å²) in [5, 5.41) is 0. The van der Waals surface area contributed by atoms with E-state index in [1.807, 2.05) is 6.08 Å². The largest absolute Gasteiger partial charge is 0.355 e. The van der Waals surface area contributed by atoms with Gasteiger partial charge in [0.15, 0.2) is 0 Å². The van der Waals surface area contributed by atoms with Gasteiger partial charge in [-0.05, 0) is 0 Å². The minimum atomic E-state index is 0.226. The van der Waals surface area contributed by atoms with Crippen molar-refractivity contribution in [2.24, 2.45) is 0 Å². The third kappa shape index (κ3) is 1.32. The van der Waals surface area contributed by atoms with Gasteiger partial charge < -0.3 is 9.47 Å². The predicted octanol–water partition coefficient (Wildman–Crippen LogP) is 0.935. The standard InChI is InChI=1S/C6H10O2/c1-2-6-3-4-7-5-8-6/h2,6H,1,3-5H2. The van der Waals surface area contributed by atoms with Crippen LogP contribution in [0.2, 0.25) is 0 Å². The Hall–Kier alpha value is -0.340. The molecule has 1 saturated heterocycles. The van der Waals surface area contributed by atoms with Crippen molar-refractivity contribution in [3.8, 4) is 0 Å². The summed E-state index contributed by atoms with van der Waals surface area (Å²) >= 11 is 0. The first-order valence-electron chi connectivity index (χ1n) is 2.75. The maximum Gasteiger partial charge on any atom is 0.147 e. The molecule has 1 rings (SSSR count). The summed E-state index contributed by atoms with van der Waals surface area (Å²) in [6.07, 6.45) is 2.98. The Morgan fingerprint density at radius 1 is 1.62 bits per heavy atom. The Labute approximate surface area is 49.1 Å². The van der Waals surface area contributed by atoms with Crippen molar-refractivity contribution in [1.82, 2.24) is 0 Å². The Morgan fingerprint density at radius 3 is 2.88 bits per heavy atom. The molecule has 0 aromatic rings. The molecule has 1 atom stereocenters. The van der Waals surface area contributed by atoms with Gasteiger partial charge in [0.2, 0.25) is 0 Å². The molecule has 0 aromatic carbocycles. The highest BCUT2D eigenvalue weighted by molar-refractivity contribution is 4.80. The molecule has 0 saturated carbocycles. The second kappa shape index (κ2) is 2.84. The van der Waals surface area contributed by atoms with Gasteiger partial charge in [-0.1, -0.05) is 6.08 Å². The van der Waals surface area contributed by atoms with Gasteiger partial charge in [-0.2, -0.15) is 0 Å². The van der Waals surface area contributed by atoms with Crippen molar-refractivity contribution in [3.05, 3.63) is 12.7 Å². The maximum absolute atomic E-state index is 5.09. The Morgan fingerprint density at radius 2 is 2.50 bits per heavy atom. The van der Waals surface area contributed by atoms with Crippen molar-refractivity contribution in [3.63, 3.8) is 0 Å². The van der Waals surface area contributed by atoms with Crippen LogP contribution in [0.15, 0.2) is 12.7 Å². The Kier molecular flexibility index (Phi) is 2.06. The molecule has 0 aromatic heterocycles. The summed E-state index contributed by atoms with van der Waals surface area (Å²) in [6.45, 7) is 4.83. The first-order valence-corrected chi connectivity index (χ1v) is 2.75. The summed E-state index contributed by atoms with van der Waals surface area (Å²) in [5.74, 6) is 0. The van der Waals surface area contributed by atoms with Crippen LogP contribution >= 0.6 is 0 Å². The maximum atomic E-state index is 5.09. The van der Waals surface area contributed by atoms with E-state index >= 15 is 0 Å². The van der Waals surface area contributed by atoms with Crippen LogP contribution in [-0.2, 0) is 9.47 Å². The summed E-state index contributed by atoms with van der Waals surface area (Å²) in [4.78, 5) is 0. The molecule has 0 aliphatic carbocycles. The zero-order valence-corrected chi connectivity index (χ0v) is 4.80. The molecular formula is C6H10O2. The number of hydrogen-bond acceptors (Lipinski definition) is 2. The predicted molar refractivity (Wildman–Crippen MR) is 30.5 cm³/mol.